The number of hydrogen-bond donors (Lipinski definition) is 1. The average Bonchev–Trinajstić information content (AvgIpc) is 2.20. The molecular formula is C14H17ClO3. The van der Waals surface area contributed by atoms with Gasteiger partial charge in [-0.25, -0.2) is 4.79 Å². The quantitative estimate of drug-likeness (QED) is 0.840. The lowest BCUT2D eigenvalue weighted by Gasteiger charge is -2.13. The molecule has 0 heterocycles. The molecule has 0 atom stereocenters. The van der Waals surface area contributed by atoms with Gasteiger partial charge in [0.1, 0.15) is 5.75 Å². The zero-order valence-corrected chi connectivity index (χ0v) is 11.7. The Morgan fingerprint density at radius 3 is 2.33 bits per heavy atom. The van der Waals surface area contributed by atoms with Crippen LogP contribution in [0.2, 0.25) is 5.02 Å². The van der Waals surface area contributed by atoms with Crippen molar-refractivity contribution in [3.8, 4) is 5.75 Å². The molecule has 4 heteroatoms. The Morgan fingerprint density at radius 2 is 1.94 bits per heavy atom. The van der Waals surface area contributed by atoms with Crippen LogP contribution in [0, 0.1) is 0 Å². The Morgan fingerprint density at radius 1 is 1.33 bits per heavy atom. The predicted octanol–water partition coefficient (Wildman–Crippen LogP) is 4.01. The first kappa shape index (κ1) is 14.6. The Hall–Kier alpha value is -1.48. The summed E-state index contributed by atoms with van der Waals surface area (Å²) < 4.78 is 5.51. The van der Waals surface area contributed by atoms with E-state index in [1.54, 1.807) is 32.0 Å². The summed E-state index contributed by atoms with van der Waals surface area (Å²) >= 11 is 6.09. The first-order chi connectivity index (χ1) is 8.32. The molecule has 1 rings (SSSR count). The summed E-state index contributed by atoms with van der Waals surface area (Å²) in [5.41, 5.74) is 1.59. The van der Waals surface area contributed by atoms with E-state index < -0.39 is 5.97 Å². The molecule has 0 bridgehead atoms. The second-order valence-electron chi connectivity index (χ2n) is 4.49. The zero-order valence-electron chi connectivity index (χ0n) is 11.0. The van der Waals surface area contributed by atoms with E-state index in [0.29, 0.717) is 16.3 Å². The van der Waals surface area contributed by atoms with E-state index in [1.165, 1.54) is 0 Å². The Balaban J connectivity index is 3.19. The molecule has 1 aromatic rings. The van der Waals surface area contributed by atoms with Crippen LogP contribution in [-0.2, 0) is 4.79 Å². The topological polar surface area (TPSA) is 46.5 Å². The van der Waals surface area contributed by atoms with Gasteiger partial charge in [-0.3, -0.25) is 0 Å². The Kier molecular flexibility index (Phi) is 4.79. The summed E-state index contributed by atoms with van der Waals surface area (Å²) in [6.07, 6.45) is 0.0238. The van der Waals surface area contributed by atoms with Crippen LogP contribution in [0.25, 0.3) is 5.57 Å². The minimum Gasteiger partial charge on any atom is -0.489 e. The van der Waals surface area contributed by atoms with E-state index in [9.17, 15) is 9.90 Å². The number of aliphatic carboxylic acids is 1. The normalized spacial score (nSPS) is 10.3. The molecule has 0 aliphatic heterocycles. The Labute approximate surface area is 112 Å². The molecule has 0 saturated carbocycles. The maximum atomic E-state index is 11.2. The van der Waals surface area contributed by atoms with Gasteiger partial charge in [-0.2, -0.15) is 0 Å². The van der Waals surface area contributed by atoms with Crippen molar-refractivity contribution in [2.75, 3.05) is 0 Å². The maximum Gasteiger partial charge on any atom is 0.336 e. The number of rotatable bonds is 4. The monoisotopic (exact) mass is 268 g/mol. The van der Waals surface area contributed by atoms with E-state index in [1.807, 2.05) is 13.8 Å². The number of benzene rings is 1. The van der Waals surface area contributed by atoms with Crippen LogP contribution in [0.5, 0.6) is 5.75 Å². The lowest BCUT2D eigenvalue weighted by Crippen LogP contribution is -2.06. The van der Waals surface area contributed by atoms with Crippen LogP contribution in [0.4, 0.5) is 0 Å². The van der Waals surface area contributed by atoms with Crippen molar-refractivity contribution in [3.63, 3.8) is 0 Å². The summed E-state index contributed by atoms with van der Waals surface area (Å²) in [7, 11) is 0. The highest BCUT2D eigenvalue weighted by atomic mass is 35.5. The van der Waals surface area contributed by atoms with Crippen LogP contribution in [0.15, 0.2) is 23.8 Å². The van der Waals surface area contributed by atoms with E-state index in [4.69, 9.17) is 16.3 Å². The van der Waals surface area contributed by atoms with Crippen LogP contribution in [-0.4, -0.2) is 17.2 Å². The third-order valence-corrected chi connectivity index (χ3v) is 2.59. The summed E-state index contributed by atoms with van der Waals surface area (Å²) in [5.74, 6) is -0.391. The second-order valence-corrected chi connectivity index (χ2v) is 4.90. The molecule has 0 aromatic heterocycles. The van der Waals surface area contributed by atoms with Gasteiger partial charge in [-0.15, -0.1) is 0 Å². The van der Waals surface area contributed by atoms with Crippen molar-refractivity contribution in [1.82, 2.24) is 0 Å². The van der Waals surface area contributed by atoms with Gasteiger partial charge < -0.3 is 9.84 Å². The molecule has 0 saturated heterocycles. The van der Waals surface area contributed by atoms with Gasteiger partial charge in [0.25, 0.3) is 0 Å². The van der Waals surface area contributed by atoms with Gasteiger partial charge in [0, 0.05) is 0 Å². The van der Waals surface area contributed by atoms with Crippen molar-refractivity contribution in [2.24, 2.45) is 0 Å². The number of carboxylic acids is 1. The molecule has 98 valence electrons. The molecule has 1 aromatic carbocycles. The molecule has 0 aliphatic carbocycles. The molecule has 18 heavy (non-hydrogen) atoms. The molecule has 0 fully saturated rings. The van der Waals surface area contributed by atoms with Crippen LogP contribution >= 0.6 is 11.6 Å². The zero-order chi connectivity index (χ0) is 13.9. The molecule has 3 nitrogen and oxygen atoms in total. The molecule has 0 spiro atoms. The average molecular weight is 269 g/mol. The number of ether oxygens (including phenoxy) is 1. The fourth-order valence-electron chi connectivity index (χ4n) is 1.63. The number of allylic oxidation sites excluding steroid dienone is 1. The predicted molar refractivity (Wildman–Crippen MR) is 73.1 cm³/mol. The van der Waals surface area contributed by atoms with E-state index in [0.717, 1.165) is 5.57 Å². The smallest absolute Gasteiger partial charge is 0.336 e. The molecular weight excluding hydrogens is 252 g/mol. The minimum atomic E-state index is -0.955. The SMILES string of the molecule is CC(C)=C(C(=O)O)c1ccc(OC(C)C)c(Cl)c1. The van der Waals surface area contributed by atoms with Crippen molar-refractivity contribution < 1.29 is 14.6 Å². The van der Waals surface area contributed by atoms with Crippen molar-refractivity contribution >= 4 is 23.1 Å². The number of halogens is 1. The fourth-order valence-corrected chi connectivity index (χ4v) is 1.86. The number of hydrogen-bond acceptors (Lipinski definition) is 2. The molecule has 1 N–H and O–H groups in total. The second kappa shape index (κ2) is 5.91. The fraction of sp³-hybridized carbons (Fsp3) is 0.357. The first-order valence-corrected chi connectivity index (χ1v) is 6.08. The van der Waals surface area contributed by atoms with Crippen LogP contribution < -0.4 is 4.74 Å². The van der Waals surface area contributed by atoms with Gasteiger partial charge in [0.05, 0.1) is 16.7 Å². The number of carboxylic acid groups (broad SMARTS) is 1. The van der Waals surface area contributed by atoms with Crippen LogP contribution in [0.3, 0.4) is 0 Å². The molecule has 0 radical (unpaired) electrons. The van der Waals surface area contributed by atoms with Crippen molar-refractivity contribution in [3.05, 3.63) is 34.4 Å². The van der Waals surface area contributed by atoms with Gasteiger partial charge in [0.2, 0.25) is 0 Å². The molecule has 0 unspecified atom stereocenters. The number of carbonyl (C=O) groups is 1. The van der Waals surface area contributed by atoms with Gasteiger partial charge >= 0.3 is 5.97 Å². The summed E-state index contributed by atoms with van der Waals surface area (Å²) in [6.45, 7) is 7.33. The Bertz CT molecular complexity index is 486. The van der Waals surface area contributed by atoms with Gasteiger partial charge in [-0.1, -0.05) is 23.2 Å². The largest absolute Gasteiger partial charge is 0.489 e. The van der Waals surface area contributed by atoms with Gasteiger partial charge in [0.15, 0.2) is 0 Å². The highest BCUT2D eigenvalue weighted by Crippen LogP contribution is 2.30. The van der Waals surface area contributed by atoms with Gasteiger partial charge in [-0.05, 0) is 45.4 Å². The van der Waals surface area contributed by atoms with E-state index in [2.05, 4.69) is 0 Å². The van der Waals surface area contributed by atoms with E-state index in [-0.39, 0.29) is 11.7 Å². The maximum absolute atomic E-state index is 11.2. The highest BCUT2D eigenvalue weighted by molar-refractivity contribution is 6.32. The first-order valence-electron chi connectivity index (χ1n) is 5.70. The standard InChI is InChI=1S/C14H17ClO3/c1-8(2)13(14(16)17)10-5-6-12(11(15)7-10)18-9(3)4/h5-7,9H,1-4H3,(H,16,17). The minimum absolute atomic E-state index is 0.0238. The molecule has 0 aliphatic rings. The highest BCUT2D eigenvalue weighted by Gasteiger charge is 2.14. The third kappa shape index (κ3) is 3.50. The lowest BCUT2D eigenvalue weighted by molar-refractivity contribution is -0.130. The lowest BCUT2D eigenvalue weighted by atomic mass is 10.0. The summed E-state index contributed by atoms with van der Waals surface area (Å²) in [4.78, 5) is 11.2. The summed E-state index contributed by atoms with van der Waals surface area (Å²) in [6, 6.07) is 5.03. The van der Waals surface area contributed by atoms with E-state index >= 15 is 0 Å². The van der Waals surface area contributed by atoms with Crippen molar-refractivity contribution in [2.45, 2.75) is 33.8 Å². The third-order valence-electron chi connectivity index (χ3n) is 2.30. The summed E-state index contributed by atoms with van der Waals surface area (Å²) in [5, 5.41) is 9.59. The molecule has 0 amide bonds. The van der Waals surface area contributed by atoms with Crippen molar-refractivity contribution in [1.29, 1.82) is 0 Å². The van der Waals surface area contributed by atoms with Crippen LogP contribution in [0.1, 0.15) is 33.3 Å².